The van der Waals surface area contributed by atoms with E-state index in [1.54, 1.807) is 0 Å². The van der Waals surface area contributed by atoms with Crippen LogP contribution in [0.3, 0.4) is 0 Å². The van der Waals surface area contributed by atoms with Gasteiger partial charge in [0, 0.05) is 12.1 Å². The highest BCUT2D eigenvalue weighted by Crippen LogP contribution is 2.20. The molecular weight excluding hydrogens is 289 g/mol. The average Bonchev–Trinajstić information content (AvgIpc) is 2.61. The summed E-state index contributed by atoms with van der Waals surface area (Å²) in [5.41, 5.74) is 4.28. The Morgan fingerprint density at radius 1 is 0.708 bits per heavy atom. The van der Waals surface area contributed by atoms with Crippen molar-refractivity contribution in [3.8, 4) is 0 Å². The molecule has 24 heavy (non-hydrogen) atoms. The molecule has 0 amide bonds. The first-order chi connectivity index (χ1) is 11.5. The molecule has 120 valence electrons. The fourth-order valence-electron chi connectivity index (χ4n) is 3.06. The zero-order valence-corrected chi connectivity index (χ0v) is 14.8. The smallest absolute Gasteiger partial charge is 0.212 e. The molecule has 1 heterocycles. The summed E-state index contributed by atoms with van der Waals surface area (Å²) < 4.78 is 2.29. The first-order valence-corrected chi connectivity index (χ1v) is 8.63. The maximum absolute atomic E-state index is 2.29. The SMILES string of the molecule is CC(C)(C)c1cc[n+](CB(c2ccccc2)c2ccccc2)cc1. The highest BCUT2D eigenvalue weighted by molar-refractivity contribution is 6.83. The van der Waals surface area contributed by atoms with Gasteiger partial charge in [0.1, 0.15) is 6.44 Å². The minimum Gasteiger partial charge on any atom is -0.212 e. The van der Waals surface area contributed by atoms with Crippen molar-refractivity contribution >= 4 is 17.6 Å². The number of hydrogen-bond donors (Lipinski definition) is 0. The number of rotatable bonds is 4. The molecule has 0 atom stereocenters. The summed E-state index contributed by atoms with van der Waals surface area (Å²) in [4.78, 5) is 0. The lowest BCUT2D eigenvalue weighted by Gasteiger charge is -2.18. The van der Waals surface area contributed by atoms with Crippen LogP contribution in [-0.4, -0.2) is 6.71 Å². The van der Waals surface area contributed by atoms with Gasteiger partial charge in [-0.05, 0) is 11.0 Å². The van der Waals surface area contributed by atoms with Crippen molar-refractivity contribution in [1.29, 1.82) is 0 Å². The van der Waals surface area contributed by atoms with Crippen LogP contribution in [-0.2, 0) is 11.9 Å². The minimum absolute atomic E-state index is 0.192. The van der Waals surface area contributed by atoms with Gasteiger partial charge in [0.05, 0.1) is 0 Å². The van der Waals surface area contributed by atoms with Gasteiger partial charge in [0.2, 0.25) is 0 Å². The van der Waals surface area contributed by atoms with E-state index in [1.807, 2.05) is 0 Å². The van der Waals surface area contributed by atoms with Crippen molar-refractivity contribution in [3.05, 3.63) is 90.8 Å². The lowest BCUT2D eigenvalue weighted by atomic mass is 9.40. The summed E-state index contributed by atoms with van der Waals surface area (Å²) >= 11 is 0. The summed E-state index contributed by atoms with van der Waals surface area (Å²) in [6.07, 6.45) is 5.36. The molecule has 0 saturated heterocycles. The first-order valence-electron chi connectivity index (χ1n) is 8.63. The topological polar surface area (TPSA) is 3.88 Å². The second-order valence-electron chi connectivity index (χ2n) is 7.41. The molecule has 2 heteroatoms. The molecule has 0 aliphatic rings. The molecule has 3 rings (SSSR count). The maximum Gasteiger partial charge on any atom is 0.288 e. The van der Waals surface area contributed by atoms with Gasteiger partial charge in [-0.1, -0.05) is 92.4 Å². The van der Waals surface area contributed by atoms with E-state index in [4.69, 9.17) is 0 Å². The third kappa shape index (κ3) is 3.94. The second-order valence-corrected chi connectivity index (χ2v) is 7.41. The van der Waals surface area contributed by atoms with Crippen LogP contribution < -0.4 is 15.5 Å². The van der Waals surface area contributed by atoms with Gasteiger partial charge >= 0.3 is 0 Å². The number of benzene rings is 2. The Morgan fingerprint density at radius 3 is 1.58 bits per heavy atom. The van der Waals surface area contributed by atoms with Crippen molar-refractivity contribution in [2.24, 2.45) is 0 Å². The number of nitrogens with zero attached hydrogens (tertiary/aromatic N) is 1. The Bertz CT molecular complexity index is 719. The van der Waals surface area contributed by atoms with Gasteiger partial charge in [-0.2, -0.15) is 0 Å². The quantitative estimate of drug-likeness (QED) is 0.515. The van der Waals surface area contributed by atoms with E-state index in [1.165, 1.54) is 16.5 Å². The van der Waals surface area contributed by atoms with Crippen molar-refractivity contribution < 1.29 is 4.57 Å². The van der Waals surface area contributed by atoms with Crippen LogP contribution in [0.4, 0.5) is 0 Å². The van der Waals surface area contributed by atoms with Gasteiger partial charge in [-0.3, -0.25) is 0 Å². The zero-order valence-electron chi connectivity index (χ0n) is 14.8. The standard InChI is InChI=1S/C22H25BN/c1-22(2,3)19-14-16-24(17-15-19)18-23(20-10-6-4-7-11-20)21-12-8-5-9-13-21/h4-17H,18H2,1-3H3/q+1. The summed E-state index contributed by atoms with van der Waals surface area (Å²) in [5, 5.41) is 0. The number of aromatic nitrogens is 1. The van der Waals surface area contributed by atoms with E-state index in [0.717, 1.165) is 6.44 Å². The van der Waals surface area contributed by atoms with Crippen LogP contribution in [0.5, 0.6) is 0 Å². The van der Waals surface area contributed by atoms with Gasteiger partial charge < -0.3 is 0 Å². The van der Waals surface area contributed by atoms with Crippen LogP contribution >= 0.6 is 0 Å². The third-order valence-corrected chi connectivity index (χ3v) is 4.55. The van der Waals surface area contributed by atoms with Crippen LogP contribution in [0.25, 0.3) is 0 Å². The Labute approximate surface area is 146 Å². The van der Waals surface area contributed by atoms with E-state index >= 15 is 0 Å². The Kier molecular flexibility index (Phi) is 4.85. The number of pyridine rings is 1. The monoisotopic (exact) mass is 314 g/mol. The number of hydrogen-bond acceptors (Lipinski definition) is 0. The molecule has 0 saturated carbocycles. The minimum atomic E-state index is 0.192. The highest BCUT2D eigenvalue weighted by atomic mass is 14.9. The Hall–Kier alpha value is -2.35. The highest BCUT2D eigenvalue weighted by Gasteiger charge is 2.24. The molecule has 0 N–H and O–H groups in total. The molecule has 0 aliphatic carbocycles. The molecule has 3 aromatic rings. The molecular formula is C22H25BN+. The predicted octanol–water partition coefficient (Wildman–Crippen LogP) is 3.12. The van der Waals surface area contributed by atoms with E-state index in [2.05, 4.69) is 111 Å². The molecule has 1 aromatic heterocycles. The fourth-order valence-corrected chi connectivity index (χ4v) is 3.06. The van der Waals surface area contributed by atoms with Gasteiger partial charge in [0.15, 0.2) is 12.4 Å². The van der Waals surface area contributed by atoms with Gasteiger partial charge in [-0.15, -0.1) is 0 Å². The van der Waals surface area contributed by atoms with E-state index in [-0.39, 0.29) is 5.41 Å². The molecule has 0 spiro atoms. The fraction of sp³-hybridized carbons (Fsp3) is 0.227. The third-order valence-electron chi connectivity index (χ3n) is 4.55. The van der Waals surface area contributed by atoms with Crippen LogP contribution in [0, 0.1) is 0 Å². The van der Waals surface area contributed by atoms with E-state index < -0.39 is 0 Å². The van der Waals surface area contributed by atoms with Crippen molar-refractivity contribution in [2.45, 2.75) is 32.6 Å². The normalized spacial score (nSPS) is 11.3. The predicted molar refractivity (Wildman–Crippen MR) is 103 cm³/mol. The lowest BCUT2D eigenvalue weighted by Crippen LogP contribution is -2.54. The zero-order chi connectivity index (χ0) is 17.0. The Morgan fingerprint density at radius 2 is 1.17 bits per heavy atom. The molecule has 0 radical (unpaired) electrons. The van der Waals surface area contributed by atoms with Crippen molar-refractivity contribution in [2.75, 3.05) is 0 Å². The average molecular weight is 314 g/mol. The largest absolute Gasteiger partial charge is 0.288 e. The second kappa shape index (κ2) is 7.04. The van der Waals surface area contributed by atoms with Crippen molar-refractivity contribution in [3.63, 3.8) is 0 Å². The van der Waals surface area contributed by atoms with Crippen LogP contribution in [0.2, 0.25) is 0 Å². The molecule has 0 aliphatic heterocycles. The molecule has 1 nitrogen and oxygen atoms in total. The van der Waals surface area contributed by atoms with Crippen molar-refractivity contribution in [1.82, 2.24) is 0 Å². The Balaban J connectivity index is 1.90. The van der Waals surface area contributed by atoms with Gasteiger partial charge in [0.25, 0.3) is 6.71 Å². The van der Waals surface area contributed by atoms with Crippen LogP contribution in [0.15, 0.2) is 85.2 Å². The van der Waals surface area contributed by atoms with E-state index in [0.29, 0.717) is 6.71 Å². The molecule has 0 fully saturated rings. The summed E-state index contributed by atoms with van der Waals surface area (Å²) in [6.45, 7) is 7.12. The first kappa shape index (κ1) is 16.5. The lowest BCUT2D eigenvalue weighted by molar-refractivity contribution is -0.679. The molecule has 2 aromatic carbocycles. The maximum atomic E-state index is 2.29. The molecule has 0 unspecified atom stereocenters. The van der Waals surface area contributed by atoms with E-state index in [9.17, 15) is 0 Å². The summed E-state index contributed by atoms with van der Waals surface area (Å²) in [7, 11) is 0. The van der Waals surface area contributed by atoms with Gasteiger partial charge in [-0.25, -0.2) is 4.57 Å². The molecule has 0 bridgehead atoms. The summed E-state index contributed by atoms with van der Waals surface area (Å²) in [6, 6.07) is 26.0. The van der Waals surface area contributed by atoms with Crippen LogP contribution in [0.1, 0.15) is 26.3 Å². The summed E-state index contributed by atoms with van der Waals surface area (Å²) in [5.74, 6) is 0.